The summed E-state index contributed by atoms with van der Waals surface area (Å²) in [6, 6.07) is 13.5. The van der Waals surface area contributed by atoms with Crippen LogP contribution in [-0.4, -0.2) is 46.0 Å². The molecule has 0 bridgehead atoms. The van der Waals surface area contributed by atoms with Crippen molar-refractivity contribution in [3.05, 3.63) is 88.8 Å². The molecule has 202 valence electrons. The van der Waals surface area contributed by atoms with Gasteiger partial charge in [0, 0.05) is 30.9 Å². The van der Waals surface area contributed by atoms with Gasteiger partial charge < -0.3 is 24.2 Å². The van der Waals surface area contributed by atoms with Crippen LogP contribution in [0, 0.1) is 0 Å². The van der Waals surface area contributed by atoms with Crippen LogP contribution in [-0.2, 0) is 22.6 Å². The molecule has 8 heteroatoms. The molecule has 5 rings (SSSR count). The largest absolute Gasteiger partial charge is 0.507 e. The van der Waals surface area contributed by atoms with Crippen LogP contribution in [0.1, 0.15) is 55.5 Å². The van der Waals surface area contributed by atoms with E-state index < -0.39 is 17.7 Å². The molecule has 8 nitrogen and oxygen atoms in total. The minimum atomic E-state index is -0.832. The zero-order valence-electron chi connectivity index (χ0n) is 22.3. The molecule has 0 spiro atoms. The van der Waals surface area contributed by atoms with Gasteiger partial charge in [0.05, 0.1) is 24.8 Å². The molecule has 0 saturated carbocycles. The Kier molecular flexibility index (Phi) is 7.54. The molecule has 2 aliphatic heterocycles. The standard InChI is InChI=1S/C31H32N2O6/c1-4-14-38-25-9-6-21(17-26(25)37-5-2)28-27(29(34)22-7-8-24-23(16-22)15-19(3)39-24)30(35)31(36)33(28)18-20-10-12-32-13-11-20/h6-13,16-17,19,28,34H,4-5,14-15,18H2,1-3H3/t19-,28+/m0/s1. The van der Waals surface area contributed by atoms with Gasteiger partial charge in [0.15, 0.2) is 11.5 Å². The highest BCUT2D eigenvalue weighted by molar-refractivity contribution is 6.46. The molecule has 2 aliphatic rings. The first-order chi connectivity index (χ1) is 18.9. The number of hydrogen-bond donors (Lipinski definition) is 1. The highest BCUT2D eigenvalue weighted by Gasteiger charge is 2.46. The molecule has 1 N–H and O–H groups in total. The summed E-state index contributed by atoms with van der Waals surface area (Å²) in [6.07, 6.45) is 4.86. The van der Waals surface area contributed by atoms with Gasteiger partial charge in [0.25, 0.3) is 11.7 Å². The molecule has 0 unspecified atom stereocenters. The zero-order chi connectivity index (χ0) is 27.5. The van der Waals surface area contributed by atoms with Crippen LogP contribution < -0.4 is 14.2 Å². The molecule has 2 aromatic carbocycles. The summed E-state index contributed by atoms with van der Waals surface area (Å²) in [5, 5.41) is 11.5. The number of carbonyl (C=O) groups is 2. The normalized spacial score (nSPS) is 19.6. The van der Waals surface area contributed by atoms with E-state index in [2.05, 4.69) is 4.98 Å². The van der Waals surface area contributed by atoms with E-state index in [1.165, 1.54) is 4.90 Å². The Morgan fingerprint density at radius 3 is 2.59 bits per heavy atom. The highest BCUT2D eigenvalue weighted by Crippen LogP contribution is 2.43. The second kappa shape index (κ2) is 11.2. The van der Waals surface area contributed by atoms with Gasteiger partial charge in [-0.1, -0.05) is 13.0 Å². The van der Waals surface area contributed by atoms with E-state index in [0.717, 1.165) is 23.3 Å². The van der Waals surface area contributed by atoms with Crippen molar-refractivity contribution in [2.45, 2.75) is 52.3 Å². The summed E-state index contributed by atoms with van der Waals surface area (Å²) < 4.78 is 17.5. The Labute approximate surface area is 227 Å². The molecule has 3 aromatic rings. The SMILES string of the molecule is CCCOc1ccc([C@@H]2C(=C(O)c3ccc4c(c3)C[C@H](C)O4)C(=O)C(=O)N2Cc2ccncc2)cc1OCC. The molecule has 0 radical (unpaired) electrons. The minimum absolute atomic E-state index is 0.0330. The van der Waals surface area contributed by atoms with Crippen LogP contribution in [0.3, 0.4) is 0 Å². The Morgan fingerprint density at radius 1 is 1.05 bits per heavy atom. The number of amides is 1. The average molecular weight is 529 g/mol. The van der Waals surface area contributed by atoms with Gasteiger partial charge in [0.2, 0.25) is 0 Å². The summed E-state index contributed by atoms with van der Waals surface area (Å²) in [5.41, 5.74) is 2.89. The summed E-state index contributed by atoms with van der Waals surface area (Å²) in [6.45, 7) is 6.99. The lowest BCUT2D eigenvalue weighted by Gasteiger charge is -2.26. The second-order valence-corrected chi connectivity index (χ2v) is 9.73. The van der Waals surface area contributed by atoms with Crippen molar-refractivity contribution in [3.63, 3.8) is 0 Å². The second-order valence-electron chi connectivity index (χ2n) is 9.73. The van der Waals surface area contributed by atoms with Crippen molar-refractivity contribution >= 4 is 17.4 Å². The van der Waals surface area contributed by atoms with Gasteiger partial charge in [-0.15, -0.1) is 0 Å². The number of rotatable bonds is 9. The number of ether oxygens (including phenoxy) is 3. The maximum Gasteiger partial charge on any atom is 0.295 e. The van der Waals surface area contributed by atoms with Crippen molar-refractivity contribution in [3.8, 4) is 17.2 Å². The predicted octanol–water partition coefficient (Wildman–Crippen LogP) is 5.21. The van der Waals surface area contributed by atoms with Gasteiger partial charge >= 0.3 is 0 Å². The molecule has 39 heavy (non-hydrogen) atoms. The molecule has 0 aliphatic carbocycles. The van der Waals surface area contributed by atoms with Crippen LogP contribution >= 0.6 is 0 Å². The molecule has 1 amide bonds. The third kappa shape index (κ3) is 5.19. The number of nitrogens with zero attached hydrogens (tertiary/aromatic N) is 2. The van der Waals surface area contributed by atoms with E-state index in [1.54, 1.807) is 48.8 Å². The fourth-order valence-corrected chi connectivity index (χ4v) is 5.09. The Morgan fingerprint density at radius 2 is 1.85 bits per heavy atom. The van der Waals surface area contributed by atoms with Crippen molar-refractivity contribution in [1.29, 1.82) is 0 Å². The van der Waals surface area contributed by atoms with Crippen molar-refractivity contribution in [2.24, 2.45) is 0 Å². The monoisotopic (exact) mass is 528 g/mol. The predicted molar refractivity (Wildman–Crippen MR) is 146 cm³/mol. The smallest absolute Gasteiger partial charge is 0.295 e. The topological polar surface area (TPSA) is 98.2 Å². The number of ketones is 1. The number of hydrogen-bond acceptors (Lipinski definition) is 7. The van der Waals surface area contributed by atoms with Gasteiger partial charge in [-0.25, -0.2) is 0 Å². The molecule has 1 fully saturated rings. The van der Waals surface area contributed by atoms with Crippen LogP contribution in [0.25, 0.3) is 5.76 Å². The number of fused-ring (bicyclic) bond motifs is 1. The first kappa shape index (κ1) is 26.3. The molecule has 2 atom stereocenters. The van der Waals surface area contributed by atoms with Crippen LogP contribution in [0.15, 0.2) is 66.5 Å². The fourth-order valence-electron chi connectivity index (χ4n) is 5.09. The molecular formula is C31H32N2O6. The lowest BCUT2D eigenvalue weighted by Crippen LogP contribution is -2.29. The van der Waals surface area contributed by atoms with E-state index >= 15 is 0 Å². The maximum atomic E-state index is 13.5. The van der Waals surface area contributed by atoms with E-state index in [0.29, 0.717) is 42.3 Å². The number of aliphatic hydroxyl groups is 1. The van der Waals surface area contributed by atoms with E-state index in [9.17, 15) is 14.7 Å². The lowest BCUT2D eigenvalue weighted by molar-refractivity contribution is -0.140. The first-order valence-corrected chi connectivity index (χ1v) is 13.3. The van der Waals surface area contributed by atoms with Crippen LogP contribution in [0.4, 0.5) is 0 Å². The number of aliphatic hydroxyl groups excluding tert-OH is 1. The summed E-state index contributed by atoms with van der Waals surface area (Å²) in [5.74, 6) is 0.226. The van der Waals surface area contributed by atoms with Crippen molar-refractivity contribution in [1.82, 2.24) is 9.88 Å². The minimum Gasteiger partial charge on any atom is -0.507 e. The van der Waals surface area contributed by atoms with E-state index in [4.69, 9.17) is 14.2 Å². The molecule has 1 saturated heterocycles. The van der Waals surface area contributed by atoms with Gasteiger partial charge in [-0.05, 0) is 79.4 Å². The highest BCUT2D eigenvalue weighted by atomic mass is 16.5. The number of benzene rings is 2. The Bertz CT molecular complexity index is 1420. The first-order valence-electron chi connectivity index (χ1n) is 13.3. The van der Waals surface area contributed by atoms with Gasteiger partial charge in [-0.3, -0.25) is 14.6 Å². The Balaban J connectivity index is 1.63. The number of likely N-dealkylation sites (tertiary alicyclic amines) is 1. The quantitative estimate of drug-likeness (QED) is 0.231. The van der Waals surface area contributed by atoms with Crippen LogP contribution in [0.2, 0.25) is 0 Å². The maximum absolute atomic E-state index is 13.5. The molecule has 3 heterocycles. The molecule has 1 aromatic heterocycles. The summed E-state index contributed by atoms with van der Waals surface area (Å²) in [4.78, 5) is 32.5. The molecular weight excluding hydrogens is 496 g/mol. The number of Topliss-reactive ketones (excluding diaryl/α,β-unsaturated/α-hetero) is 1. The Hall–Kier alpha value is -4.33. The van der Waals surface area contributed by atoms with Crippen LogP contribution in [0.5, 0.6) is 17.2 Å². The van der Waals surface area contributed by atoms with E-state index in [-0.39, 0.29) is 24.0 Å². The summed E-state index contributed by atoms with van der Waals surface area (Å²) in [7, 11) is 0. The third-order valence-electron chi connectivity index (χ3n) is 6.86. The van der Waals surface area contributed by atoms with Crippen molar-refractivity contribution < 1.29 is 28.9 Å². The lowest BCUT2D eigenvalue weighted by atomic mass is 9.94. The zero-order valence-corrected chi connectivity index (χ0v) is 22.3. The van der Waals surface area contributed by atoms with Crippen molar-refractivity contribution in [2.75, 3.05) is 13.2 Å². The number of carbonyl (C=O) groups excluding carboxylic acids is 2. The average Bonchev–Trinajstić information content (AvgIpc) is 3.43. The number of pyridine rings is 1. The van der Waals surface area contributed by atoms with Gasteiger partial charge in [-0.2, -0.15) is 0 Å². The summed E-state index contributed by atoms with van der Waals surface area (Å²) >= 11 is 0. The third-order valence-corrected chi connectivity index (χ3v) is 6.86. The fraction of sp³-hybridized carbons (Fsp3) is 0.323. The van der Waals surface area contributed by atoms with Gasteiger partial charge in [0.1, 0.15) is 17.6 Å². The number of aromatic nitrogens is 1. The van der Waals surface area contributed by atoms with E-state index in [1.807, 2.05) is 32.9 Å².